The number of rotatable bonds is 3. The smallest absolute Gasteiger partial charge is 0.274 e. The average Bonchev–Trinajstić information content (AvgIpc) is 3.18. The van der Waals surface area contributed by atoms with Crippen molar-refractivity contribution in [2.75, 3.05) is 13.1 Å². The van der Waals surface area contributed by atoms with E-state index in [-0.39, 0.29) is 17.2 Å². The molecule has 1 saturated heterocycles. The predicted octanol–water partition coefficient (Wildman–Crippen LogP) is 2.83. The molecular formula is C19H18ClN5O2. The van der Waals surface area contributed by atoms with Crippen LogP contribution in [0.2, 0.25) is 5.02 Å². The van der Waals surface area contributed by atoms with E-state index in [4.69, 9.17) is 11.6 Å². The molecule has 0 saturated carbocycles. The maximum absolute atomic E-state index is 12.5. The summed E-state index contributed by atoms with van der Waals surface area (Å²) in [6.45, 7) is 1.26. The summed E-state index contributed by atoms with van der Waals surface area (Å²) in [7, 11) is 0. The molecule has 0 aliphatic carbocycles. The summed E-state index contributed by atoms with van der Waals surface area (Å²) in [5, 5.41) is 14.3. The van der Waals surface area contributed by atoms with E-state index in [0.717, 1.165) is 29.8 Å². The number of halogens is 1. The number of hydrogen-bond donors (Lipinski definition) is 2. The van der Waals surface area contributed by atoms with Crippen molar-refractivity contribution in [3.63, 3.8) is 0 Å². The second-order valence-electron chi connectivity index (χ2n) is 6.56. The Morgan fingerprint density at radius 2 is 1.85 bits per heavy atom. The fourth-order valence-corrected chi connectivity index (χ4v) is 3.60. The van der Waals surface area contributed by atoms with E-state index in [2.05, 4.69) is 20.4 Å². The van der Waals surface area contributed by atoms with Crippen molar-refractivity contribution in [3.05, 3.63) is 69.2 Å². The van der Waals surface area contributed by atoms with Crippen LogP contribution < -0.4 is 5.56 Å². The highest BCUT2D eigenvalue weighted by molar-refractivity contribution is 6.33. The fraction of sp³-hybridized carbons (Fsp3) is 0.263. The molecule has 4 rings (SSSR count). The Hall–Kier alpha value is -2.93. The third kappa shape index (κ3) is 3.64. The van der Waals surface area contributed by atoms with Gasteiger partial charge in [-0.05, 0) is 31.0 Å². The zero-order valence-electron chi connectivity index (χ0n) is 14.5. The third-order valence-electron chi connectivity index (χ3n) is 4.87. The lowest BCUT2D eigenvalue weighted by atomic mass is 9.93. The lowest BCUT2D eigenvalue weighted by Gasteiger charge is -2.31. The minimum Gasteiger partial charge on any atom is -0.337 e. The van der Waals surface area contributed by atoms with E-state index >= 15 is 0 Å². The molecule has 1 aliphatic heterocycles. The summed E-state index contributed by atoms with van der Waals surface area (Å²) in [6, 6.07) is 12.4. The molecule has 7 nitrogen and oxygen atoms in total. The van der Waals surface area contributed by atoms with Gasteiger partial charge in [0.1, 0.15) is 5.69 Å². The molecule has 2 aromatic heterocycles. The first-order valence-electron chi connectivity index (χ1n) is 8.77. The van der Waals surface area contributed by atoms with Crippen LogP contribution in [0, 0.1) is 0 Å². The Bertz CT molecular complexity index is 1000. The first kappa shape index (κ1) is 17.5. The van der Waals surface area contributed by atoms with Crippen LogP contribution in [0.1, 0.15) is 34.9 Å². The highest BCUT2D eigenvalue weighted by atomic mass is 35.5. The number of H-pyrrole nitrogens is 2. The first-order valence-corrected chi connectivity index (χ1v) is 9.15. The number of aromatic amines is 2. The highest BCUT2D eigenvalue weighted by Crippen LogP contribution is 2.31. The van der Waals surface area contributed by atoms with E-state index in [9.17, 15) is 9.59 Å². The van der Waals surface area contributed by atoms with Crippen LogP contribution in [-0.2, 0) is 0 Å². The lowest BCUT2D eigenvalue weighted by molar-refractivity contribution is 0.0705. The van der Waals surface area contributed by atoms with Crippen molar-refractivity contribution in [1.82, 2.24) is 25.3 Å². The van der Waals surface area contributed by atoms with Crippen LogP contribution >= 0.6 is 11.6 Å². The van der Waals surface area contributed by atoms with Gasteiger partial charge in [-0.3, -0.25) is 14.7 Å². The maximum Gasteiger partial charge on any atom is 0.274 e. The SMILES string of the molecule is O=C(c1ccc(=O)[nH]n1)N1CCC(c2cc(-c3ccccc3Cl)n[nH]2)CC1. The van der Waals surface area contributed by atoms with Crippen LogP contribution in [-0.4, -0.2) is 44.3 Å². The Morgan fingerprint density at radius 3 is 2.56 bits per heavy atom. The van der Waals surface area contributed by atoms with Crippen LogP contribution in [0.25, 0.3) is 11.3 Å². The molecule has 0 unspecified atom stereocenters. The normalized spacial score (nSPS) is 15.1. The molecule has 138 valence electrons. The number of hydrogen-bond acceptors (Lipinski definition) is 4. The summed E-state index contributed by atoms with van der Waals surface area (Å²) in [4.78, 5) is 25.3. The van der Waals surface area contributed by atoms with Gasteiger partial charge in [-0.1, -0.05) is 29.8 Å². The predicted molar refractivity (Wildman–Crippen MR) is 102 cm³/mol. The molecule has 0 spiro atoms. The molecule has 3 aromatic rings. The Labute approximate surface area is 160 Å². The van der Waals surface area contributed by atoms with Crippen molar-refractivity contribution >= 4 is 17.5 Å². The molecule has 8 heteroatoms. The highest BCUT2D eigenvalue weighted by Gasteiger charge is 2.26. The van der Waals surface area contributed by atoms with Gasteiger partial charge in [-0.25, -0.2) is 5.10 Å². The number of aromatic nitrogens is 4. The van der Waals surface area contributed by atoms with E-state index in [0.29, 0.717) is 24.0 Å². The van der Waals surface area contributed by atoms with E-state index in [1.807, 2.05) is 30.3 Å². The van der Waals surface area contributed by atoms with Gasteiger partial charge in [0.15, 0.2) is 0 Å². The molecule has 27 heavy (non-hydrogen) atoms. The number of piperidine rings is 1. The van der Waals surface area contributed by atoms with Gasteiger partial charge in [0.05, 0.1) is 10.7 Å². The van der Waals surface area contributed by atoms with Gasteiger partial charge < -0.3 is 4.90 Å². The van der Waals surface area contributed by atoms with Crippen molar-refractivity contribution in [2.45, 2.75) is 18.8 Å². The Balaban J connectivity index is 1.42. The quantitative estimate of drug-likeness (QED) is 0.727. The standard InChI is InChI=1S/C19H18ClN5O2/c20-14-4-2-1-3-13(14)17-11-16(22-23-17)12-7-9-25(10-8-12)19(27)15-5-6-18(26)24-21-15/h1-6,11-12H,7-10H2,(H,22,23)(H,24,26). The van der Waals surface area contributed by atoms with Gasteiger partial charge in [0.2, 0.25) is 0 Å². The van der Waals surface area contributed by atoms with E-state index in [1.54, 1.807) is 4.90 Å². The number of amides is 1. The molecule has 2 N–H and O–H groups in total. The molecule has 1 fully saturated rings. The van der Waals surface area contributed by atoms with Gasteiger partial charge in [-0.2, -0.15) is 10.2 Å². The zero-order valence-corrected chi connectivity index (χ0v) is 15.2. The largest absolute Gasteiger partial charge is 0.337 e. The van der Waals surface area contributed by atoms with Gasteiger partial charge in [-0.15, -0.1) is 0 Å². The molecule has 1 aromatic carbocycles. The summed E-state index contributed by atoms with van der Waals surface area (Å²) < 4.78 is 0. The van der Waals surface area contributed by atoms with Crippen molar-refractivity contribution < 1.29 is 4.79 Å². The zero-order chi connectivity index (χ0) is 18.8. The monoisotopic (exact) mass is 383 g/mol. The summed E-state index contributed by atoms with van der Waals surface area (Å²) in [5.41, 5.74) is 2.72. The maximum atomic E-state index is 12.5. The lowest BCUT2D eigenvalue weighted by Crippen LogP contribution is -2.38. The second kappa shape index (κ2) is 7.36. The Kier molecular flexibility index (Phi) is 4.77. The van der Waals surface area contributed by atoms with Gasteiger partial charge >= 0.3 is 0 Å². The number of nitrogens with one attached hydrogen (secondary N) is 2. The summed E-state index contributed by atoms with van der Waals surface area (Å²) >= 11 is 6.25. The number of likely N-dealkylation sites (tertiary alicyclic amines) is 1. The number of benzene rings is 1. The molecule has 0 atom stereocenters. The van der Waals surface area contributed by atoms with Crippen LogP contribution in [0.3, 0.4) is 0 Å². The minimum atomic E-state index is -0.321. The number of carbonyl (C=O) groups is 1. The molecule has 3 heterocycles. The summed E-state index contributed by atoms with van der Waals surface area (Å²) in [5.74, 6) is 0.146. The third-order valence-corrected chi connectivity index (χ3v) is 5.20. The van der Waals surface area contributed by atoms with Crippen LogP contribution in [0.5, 0.6) is 0 Å². The number of nitrogens with zero attached hydrogens (tertiary/aromatic N) is 3. The fourth-order valence-electron chi connectivity index (χ4n) is 3.37. The van der Waals surface area contributed by atoms with Crippen LogP contribution in [0.15, 0.2) is 47.3 Å². The molecule has 0 radical (unpaired) electrons. The second-order valence-corrected chi connectivity index (χ2v) is 6.97. The van der Waals surface area contributed by atoms with Crippen molar-refractivity contribution in [3.8, 4) is 11.3 Å². The molecule has 1 amide bonds. The van der Waals surface area contributed by atoms with E-state index in [1.165, 1.54) is 12.1 Å². The number of carbonyl (C=O) groups excluding carboxylic acids is 1. The average molecular weight is 384 g/mol. The minimum absolute atomic E-state index is 0.161. The van der Waals surface area contributed by atoms with Gasteiger partial charge in [0, 0.05) is 36.3 Å². The summed E-state index contributed by atoms with van der Waals surface area (Å²) in [6.07, 6.45) is 1.67. The van der Waals surface area contributed by atoms with Crippen LogP contribution in [0.4, 0.5) is 0 Å². The van der Waals surface area contributed by atoms with Gasteiger partial charge in [0.25, 0.3) is 11.5 Å². The molecular weight excluding hydrogens is 366 g/mol. The first-order chi connectivity index (χ1) is 13.1. The topological polar surface area (TPSA) is 94.7 Å². The Morgan fingerprint density at radius 1 is 1.07 bits per heavy atom. The molecule has 0 bridgehead atoms. The van der Waals surface area contributed by atoms with Crippen molar-refractivity contribution in [1.29, 1.82) is 0 Å². The van der Waals surface area contributed by atoms with Crippen molar-refractivity contribution in [2.24, 2.45) is 0 Å². The van der Waals surface area contributed by atoms with E-state index < -0.39 is 0 Å². The molecule has 1 aliphatic rings.